The van der Waals surface area contributed by atoms with Crippen molar-refractivity contribution >= 4 is 17.4 Å². The van der Waals surface area contributed by atoms with E-state index >= 15 is 0 Å². The highest BCUT2D eigenvalue weighted by Crippen LogP contribution is 2.42. The first-order valence-corrected chi connectivity index (χ1v) is 9.40. The summed E-state index contributed by atoms with van der Waals surface area (Å²) in [6.45, 7) is 2.32. The van der Waals surface area contributed by atoms with Crippen molar-refractivity contribution in [3.05, 3.63) is 59.9 Å². The van der Waals surface area contributed by atoms with Gasteiger partial charge >= 0.3 is 0 Å². The largest absolute Gasteiger partial charge is 0.375 e. The quantitative estimate of drug-likeness (QED) is 0.824. The maximum Gasteiger partial charge on any atom is 0.265 e. The molecule has 27 heavy (non-hydrogen) atoms. The summed E-state index contributed by atoms with van der Waals surface area (Å²) in [6, 6.07) is 12.2. The number of pyridine rings is 1. The fraction of sp³-hybridized carbons (Fsp3) is 0.381. The fourth-order valence-corrected chi connectivity index (χ4v) is 3.97. The zero-order valence-electron chi connectivity index (χ0n) is 15.2. The number of hydrogen-bond acceptors (Lipinski definition) is 5. The topological polar surface area (TPSA) is 73.7 Å². The first-order chi connectivity index (χ1) is 13.1. The fourth-order valence-electron chi connectivity index (χ4n) is 3.97. The third kappa shape index (κ3) is 3.26. The molecule has 1 saturated heterocycles. The van der Waals surface area contributed by atoms with Crippen LogP contribution < -0.4 is 4.90 Å². The molecule has 6 nitrogen and oxygen atoms in total. The van der Waals surface area contributed by atoms with Gasteiger partial charge in [-0.3, -0.25) is 24.4 Å². The number of piperidine rings is 1. The second-order valence-electron chi connectivity index (χ2n) is 7.25. The second kappa shape index (κ2) is 7.21. The van der Waals surface area contributed by atoms with Gasteiger partial charge in [-0.2, -0.15) is 0 Å². The Kier molecular flexibility index (Phi) is 4.76. The highest BCUT2D eigenvalue weighted by Gasteiger charge is 2.51. The lowest BCUT2D eigenvalue weighted by atomic mass is 9.89. The molecule has 1 fully saturated rings. The lowest BCUT2D eigenvalue weighted by Crippen LogP contribution is -2.47. The molecular formula is C21H23N3O3. The van der Waals surface area contributed by atoms with Crippen LogP contribution in [-0.2, 0) is 10.4 Å². The van der Waals surface area contributed by atoms with Crippen LogP contribution in [0.4, 0.5) is 5.69 Å². The van der Waals surface area contributed by atoms with E-state index in [0.29, 0.717) is 17.9 Å². The Balaban J connectivity index is 1.62. The number of likely N-dealkylation sites (tertiary alicyclic amines) is 1. The van der Waals surface area contributed by atoms with Gasteiger partial charge in [-0.25, -0.2) is 0 Å². The van der Waals surface area contributed by atoms with Crippen molar-refractivity contribution in [1.29, 1.82) is 0 Å². The Labute approximate surface area is 158 Å². The molecular weight excluding hydrogens is 342 g/mol. The van der Waals surface area contributed by atoms with Crippen molar-refractivity contribution in [2.75, 3.05) is 24.7 Å². The van der Waals surface area contributed by atoms with Crippen molar-refractivity contribution in [3.8, 4) is 0 Å². The van der Waals surface area contributed by atoms with Crippen molar-refractivity contribution in [3.63, 3.8) is 0 Å². The summed E-state index contributed by atoms with van der Waals surface area (Å²) in [5.41, 5.74) is -0.410. The molecule has 1 N–H and O–H groups in total. The summed E-state index contributed by atoms with van der Waals surface area (Å²) in [5, 5.41) is 11.3. The zero-order chi connectivity index (χ0) is 18.9. The summed E-state index contributed by atoms with van der Waals surface area (Å²) in [6.07, 6.45) is 4.67. The Morgan fingerprint density at radius 1 is 1.07 bits per heavy atom. The highest BCUT2D eigenvalue weighted by atomic mass is 16.3. The standard InChI is InChI=1S/C21H23N3O3/c25-19(17-9-4-5-11-22-17)14-21(27)16-8-2-3-10-18(16)24(20(21)26)15-23-12-6-1-7-13-23/h2-5,8-11,27H,1,6-7,12-15H2/t21-/m1/s1. The van der Waals surface area contributed by atoms with Crippen LogP contribution in [0.25, 0.3) is 0 Å². The molecule has 6 heteroatoms. The number of hydrogen-bond donors (Lipinski definition) is 1. The second-order valence-corrected chi connectivity index (χ2v) is 7.25. The zero-order valence-corrected chi connectivity index (χ0v) is 15.2. The molecule has 2 aliphatic rings. The van der Waals surface area contributed by atoms with Crippen LogP contribution in [0.2, 0.25) is 0 Å². The third-order valence-electron chi connectivity index (χ3n) is 5.40. The molecule has 2 aliphatic heterocycles. The average molecular weight is 365 g/mol. The Morgan fingerprint density at radius 3 is 2.56 bits per heavy atom. The number of aromatic nitrogens is 1. The van der Waals surface area contributed by atoms with Crippen LogP contribution >= 0.6 is 0 Å². The Morgan fingerprint density at radius 2 is 1.81 bits per heavy atom. The number of carbonyl (C=O) groups is 2. The Hall–Kier alpha value is -2.57. The van der Waals surface area contributed by atoms with E-state index in [1.807, 2.05) is 12.1 Å². The molecule has 1 atom stereocenters. The van der Waals surface area contributed by atoms with Gasteiger partial charge in [0, 0.05) is 11.8 Å². The number of benzene rings is 1. The lowest BCUT2D eigenvalue weighted by molar-refractivity contribution is -0.136. The molecule has 0 bridgehead atoms. The van der Waals surface area contributed by atoms with E-state index in [1.54, 1.807) is 35.2 Å². The number of fused-ring (bicyclic) bond motifs is 1. The normalized spacial score (nSPS) is 22.7. The molecule has 1 aromatic heterocycles. The monoisotopic (exact) mass is 365 g/mol. The number of Topliss-reactive ketones (excluding diaryl/α,β-unsaturated/α-hetero) is 1. The number of nitrogens with zero attached hydrogens (tertiary/aromatic N) is 3. The molecule has 0 saturated carbocycles. The summed E-state index contributed by atoms with van der Waals surface area (Å²) >= 11 is 0. The summed E-state index contributed by atoms with van der Waals surface area (Å²) in [7, 11) is 0. The minimum atomic E-state index is -1.85. The summed E-state index contributed by atoms with van der Waals surface area (Å²) in [4.78, 5) is 33.8. The van der Waals surface area contributed by atoms with Gasteiger partial charge in [0.1, 0.15) is 5.69 Å². The molecule has 4 rings (SSSR count). The van der Waals surface area contributed by atoms with E-state index in [-0.39, 0.29) is 17.9 Å². The third-order valence-corrected chi connectivity index (χ3v) is 5.40. The molecule has 140 valence electrons. The minimum Gasteiger partial charge on any atom is -0.375 e. The van der Waals surface area contributed by atoms with E-state index in [2.05, 4.69) is 9.88 Å². The molecule has 0 aliphatic carbocycles. The first-order valence-electron chi connectivity index (χ1n) is 9.40. The molecule has 0 spiro atoms. The van der Waals surface area contributed by atoms with Gasteiger partial charge < -0.3 is 5.11 Å². The minimum absolute atomic E-state index is 0.255. The SMILES string of the molecule is O=C(C[C@]1(O)C(=O)N(CN2CCCCC2)c2ccccc21)c1ccccn1. The van der Waals surface area contributed by atoms with Crippen LogP contribution in [0.5, 0.6) is 0 Å². The van der Waals surface area contributed by atoms with E-state index in [1.165, 1.54) is 12.6 Å². The predicted octanol–water partition coefficient (Wildman–Crippen LogP) is 2.33. The van der Waals surface area contributed by atoms with Crippen LogP contribution in [0.15, 0.2) is 48.7 Å². The average Bonchev–Trinajstić information content (AvgIpc) is 2.92. The van der Waals surface area contributed by atoms with Crippen LogP contribution in [0.1, 0.15) is 41.7 Å². The lowest BCUT2D eigenvalue weighted by Gasteiger charge is -2.31. The summed E-state index contributed by atoms with van der Waals surface area (Å²) < 4.78 is 0. The van der Waals surface area contributed by atoms with E-state index in [4.69, 9.17) is 0 Å². The van der Waals surface area contributed by atoms with Gasteiger partial charge in [-0.05, 0) is 44.1 Å². The highest BCUT2D eigenvalue weighted by molar-refractivity contribution is 6.10. The number of para-hydroxylation sites is 1. The molecule has 2 aromatic rings. The number of amides is 1. The van der Waals surface area contributed by atoms with Crippen molar-refractivity contribution in [2.24, 2.45) is 0 Å². The molecule has 0 radical (unpaired) electrons. The number of carbonyl (C=O) groups excluding carboxylic acids is 2. The van der Waals surface area contributed by atoms with E-state index < -0.39 is 11.5 Å². The van der Waals surface area contributed by atoms with E-state index in [0.717, 1.165) is 25.9 Å². The van der Waals surface area contributed by atoms with Gasteiger partial charge in [0.2, 0.25) is 0 Å². The summed E-state index contributed by atoms with van der Waals surface area (Å²) in [5.74, 6) is -0.778. The molecule has 3 heterocycles. The maximum absolute atomic E-state index is 13.2. The van der Waals surface area contributed by atoms with Crippen molar-refractivity contribution in [2.45, 2.75) is 31.3 Å². The van der Waals surface area contributed by atoms with Crippen LogP contribution in [0.3, 0.4) is 0 Å². The first kappa shape index (κ1) is 17.8. The van der Waals surface area contributed by atoms with Crippen LogP contribution in [-0.4, -0.2) is 46.4 Å². The number of aliphatic hydroxyl groups is 1. The van der Waals surface area contributed by atoms with Gasteiger partial charge in [0.15, 0.2) is 11.4 Å². The van der Waals surface area contributed by atoms with E-state index in [9.17, 15) is 14.7 Å². The van der Waals surface area contributed by atoms with Gasteiger partial charge in [-0.1, -0.05) is 30.7 Å². The Bertz CT molecular complexity index is 849. The van der Waals surface area contributed by atoms with Gasteiger partial charge in [0.25, 0.3) is 5.91 Å². The maximum atomic E-state index is 13.2. The van der Waals surface area contributed by atoms with Gasteiger partial charge in [-0.15, -0.1) is 0 Å². The molecule has 1 amide bonds. The van der Waals surface area contributed by atoms with Gasteiger partial charge in [0.05, 0.1) is 18.8 Å². The smallest absolute Gasteiger partial charge is 0.265 e. The number of anilines is 1. The molecule has 1 aromatic carbocycles. The number of ketones is 1. The van der Waals surface area contributed by atoms with Crippen LogP contribution in [0, 0.1) is 0 Å². The number of rotatable bonds is 5. The van der Waals surface area contributed by atoms with Crippen molar-refractivity contribution < 1.29 is 14.7 Å². The van der Waals surface area contributed by atoms with Crippen molar-refractivity contribution in [1.82, 2.24) is 9.88 Å². The predicted molar refractivity (Wildman–Crippen MR) is 101 cm³/mol. The molecule has 0 unspecified atom stereocenters.